The fourth-order valence-electron chi connectivity index (χ4n) is 3.22. The monoisotopic (exact) mass is 338 g/mol. The molecular weight excluding hydrogens is 308 g/mol. The number of carbonyl (C=O) groups is 1. The summed E-state index contributed by atoms with van der Waals surface area (Å²) in [6.45, 7) is 10.2. The SMILES string of the molecule is Cc1nn(C)c(C)c1C(N)C1(O)CCN(C(=O)OC(C)(C)C)CC1. The van der Waals surface area contributed by atoms with Crippen LogP contribution in [0.15, 0.2) is 0 Å². The standard InChI is InChI=1S/C17H30N4O3/c1-11-13(12(2)20(6)19-11)14(18)17(23)7-9-21(10-8-17)15(22)24-16(3,4)5/h14,23H,7-10,18H2,1-6H3. The van der Waals surface area contributed by atoms with Crippen molar-refractivity contribution in [3.63, 3.8) is 0 Å². The van der Waals surface area contributed by atoms with E-state index in [0.717, 1.165) is 17.0 Å². The van der Waals surface area contributed by atoms with Gasteiger partial charge in [-0.3, -0.25) is 4.68 Å². The summed E-state index contributed by atoms with van der Waals surface area (Å²) in [4.78, 5) is 13.8. The molecule has 0 aliphatic carbocycles. The van der Waals surface area contributed by atoms with Gasteiger partial charge in [0.05, 0.1) is 17.3 Å². The lowest BCUT2D eigenvalue weighted by Crippen LogP contribution is -2.52. The Morgan fingerprint density at radius 3 is 2.29 bits per heavy atom. The zero-order chi connectivity index (χ0) is 18.3. The van der Waals surface area contributed by atoms with Gasteiger partial charge in [-0.1, -0.05) is 0 Å². The first-order chi connectivity index (χ1) is 10.9. The van der Waals surface area contributed by atoms with Gasteiger partial charge in [0.1, 0.15) is 5.60 Å². The lowest BCUT2D eigenvalue weighted by molar-refractivity contribution is -0.0478. The Labute approximate surface area is 143 Å². The van der Waals surface area contributed by atoms with Crippen molar-refractivity contribution >= 4 is 6.09 Å². The van der Waals surface area contributed by atoms with Crippen molar-refractivity contribution in [1.82, 2.24) is 14.7 Å². The molecule has 1 aromatic rings. The van der Waals surface area contributed by atoms with Gasteiger partial charge in [-0.15, -0.1) is 0 Å². The summed E-state index contributed by atoms with van der Waals surface area (Å²) >= 11 is 0. The smallest absolute Gasteiger partial charge is 0.410 e. The molecule has 1 aromatic heterocycles. The van der Waals surface area contributed by atoms with E-state index in [2.05, 4.69) is 5.10 Å². The highest BCUT2D eigenvalue weighted by Crippen LogP contribution is 2.36. The van der Waals surface area contributed by atoms with Gasteiger partial charge in [0, 0.05) is 31.4 Å². The third-order valence-electron chi connectivity index (χ3n) is 4.74. The number of hydrogen-bond acceptors (Lipinski definition) is 5. The Morgan fingerprint density at radius 2 is 1.88 bits per heavy atom. The zero-order valence-electron chi connectivity index (χ0n) is 15.6. The number of rotatable bonds is 2. The van der Waals surface area contributed by atoms with Crippen LogP contribution in [0.25, 0.3) is 0 Å². The quantitative estimate of drug-likeness (QED) is 0.857. The van der Waals surface area contributed by atoms with E-state index in [-0.39, 0.29) is 6.09 Å². The number of aryl methyl sites for hydroxylation is 2. The summed E-state index contributed by atoms with van der Waals surface area (Å²) in [5, 5.41) is 15.4. The Bertz CT molecular complexity index is 610. The second-order valence-electron chi connectivity index (χ2n) is 7.76. The van der Waals surface area contributed by atoms with Crippen LogP contribution < -0.4 is 5.73 Å². The fourth-order valence-corrected chi connectivity index (χ4v) is 3.22. The highest BCUT2D eigenvalue weighted by Gasteiger charge is 2.42. The molecule has 2 heterocycles. The van der Waals surface area contributed by atoms with Crippen LogP contribution in [-0.2, 0) is 11.8 Å². The van der Waals surface area contributed by atoms with Crippen molar-refractivity contribution in [3.8, 4) is 0 Å². The molecule has 1 amide bonds. The summed E-state index contributed by atoms with van der Waals surface area (Å²) in [7, 11) is 1.87. The topological polar surface area (TPSA) is 93.6 Å². The molecule has 136 valence electrons. The Morgan fingerprint density at radius 1 is 1.33 bits per heavy atom. The van der Waals surface area contributed by atoms with E-state index < -0.39 is 17.2 Å². The molecule has 1 aliphatic rings. The van der Waals surface area contributed by atoms with Gasteiger partial charge in [0.15, 0.2) is 0 Å². The highest BCUT2D eigenvalue weighted by atomic mass is 16.6. The maximum absolute atomic E-state index is 12.2. The number of nitrogens with two attached hydrogens (primary N) is 1. The van der Waals surface area contributed by atoms with E-state index in [1.54, 1.807) is 9.58 Å². The molecule has 1 aliphatic heterocycles. The van der Waals surface area contributed by atoms with E-state index in [1.165, 1.54) is 0 Å². The first-order valence-electron chi connectivity index (χ1n) is 8.40. The van der Waals surface area contributed by atoms with Crippen LogP contribution in [0.4, 0.5) is 4.79 Å². The van der Waals surface area contributed by atoms with Gasteiger partial charge in [-0.25, -0.2) is 4.79 Å². The van der Waals surface area contributed by atoms with Crippen LogP contribution in [0.3, 0.4) is 0 Å². The van der Waals surface area contributed by atoms with Crippen molar-refractivity contribution in [2.24, 2.45) is 12.8 Å². The van der Waals surface area contributed by atoms with E-state index in [0.29, 0.717) is 25.9 Å². The van der Waals surface area contributed by atoms with E-state index in [9.17, 15) is 9.90 Å². The van der Waals surface area contributed by atoms with Gasteiger partial charge in [-0.2, -0.15) is 5.10 Å². The molecule has 3 N–H and O–H groups in total. The van der Waals surface area contributed by atoms with Crippen LogP contribution in [0.2, 0.25) is 0 Å². The number of likely N-dealkylation sites (tertiary alicyclic amines) is 1. The summed E-state index contributed by atoms with van der Waals surface area (Å²) in [5.74, 6) is 0. The average molecular weight is 338 g/mol. The van der Waals surface area contributed by atoms with E-state index in [4.69, 9.17) is 10.5 Å². The molecule has 0 aromatic carbocycles. The van der Waals surface area contributed by atoms with Crippen molar-refractivity contribution in [2.45, 2.75) is 64.7 Å². The van der Waals surface area contributed by atoms with E-state index >= 15 is 0 Å². The number of hydrogen-bond donors (Lipinski definition) is 2. The molecule has 0 saturated carbocycles. The maximum Gasteiger partial charge on any atom is 0.410 e. The van der Waals surface area contributed by atoms with Gasteiger partial charge < -0.3 is 20.5 Å². The number of aromatic nitrogens is 2. The maximum atomic E-state index is 12.2. The molecule has 2 rings (SSSR count). The number of carbonyl (C=O) groups excluding carboxylic acids is 1. The fraction of sp³-hybridized carbons (Fsp3) is 0.765. The van der Waals surface area contributed by atoms with Gasteiger partial charge >= 0.3 is 6.09 Å². The Balaban J connectivity index is 2.08. The number of piperidine rings is 1. The molecule has 24 heavy (non-hydrogen) atoms. The lowest BCUT2D eigenvalue weighted by atomic mass is 9.80. The van der Waals surface area contributed by atoms with Gasteiger partial charge in [0.25, 0.3) is 0 Å². The third-order valence-corrected chi connectivity index (χ3v) is 4.74. The van der Waals surface area contributed by atoms with Crippen LogP contribution >= 0.6 is 0 Å². The minimum Gasteiger partial charge on any atom is -0.444 e. The number of nitrogens with zero attached hydrogens (tertiary/aromatic N) is 3. The molecule has 1 saturated heterocycles. The molecule has 1 atom stereocenters. The summed E-state index contributed by atoms with van der Waals surface area (Å²) in [6.07, 6.45) is 0.495. The first-order valence-corrected chi connectivity index (χ1v) is 8.40. The average Bonchev–Trinajstić information content (AvgIpc) is 2.70. The van der Waals surface area contributed by atoms with Gasteiger partial charge in [-0.05, 0) is 47.5 Å². The second-order valence-corrected chi connectivity index (χ2v) is 7.76. The largest absolute Gasteiger partial charge is 0.444 e. The van der Waals surface area contributed by atoms with Crippen molar-refractivity contribution in [1.29, 1.82) is 0 Å². The van der Waals surface area contributed by atoms with Crippen LogP contribution in [-0.4, -0.2) is 50.2 Å². The molecular formula is C17H30N4O3. The first kappa shape index (κ1) is 18.7. The lowest BCUT2D eigenvalue weighted by Gasteiger charge is -2.41. The van der Waals surface area contributed by atoms with Gasteiger partial charge in [0.2, 0.25) is 0 Å². The Hall–Kier alpha value is -1.60. The third kappa shape index (κ3) is 3.72. The number of amides is 1. The van der Waals surface area contributed by atoms with Crippen LogP contribution in [0.1, 0.15) is 56.6 Å². The Kier molecular flexibility index (Phi) is 4.97. The second kappa shape index (κ2) is 6.37. The normalized spacial score (nSPS) is 19.2. The summed E-state index contributed by atoms with van der Waals surface area (Å²) in [5.41, 5.74) is 7.53. The zero-order valence-corrected chi connectivity index (χ0v) is 15.6. The van der Waals surface area contributed by atoms with Crippen molar-refractivity contribution in [2.75, 3.05) is 13.1 Å². The molecule has 1 unspecified atom stereocenters. The minimum absolute atomic E-state index is 0.341. The number of aliphatic hydroxyl groups is 1. The van der Waals surface area contributed by atoms with Crippen molar-refractivity contribution < 1.29 is 14.6 Å². The predicted octanol–water partition coefficient (Wildman–Crippen LogP) is 1.80. The molecule has 7 heteroatoms. The highest BCUT2D eigenvalue weighted by molar-refractivity contribution is 5.68. The molecule has 0 spiro atoms. The summed E-state index contributed by atoms with van der Waals surface area (Å²) in [6, 6.07) is -0.521. The number of ether oxygens (including phenoxy) is 1. The molecule has 1 fully saturated rings. The molecule has 0 radical (unpaired) electrons. The minimum atomic E-state index is -1.04. The van der Waals surface area contributed by atoms with Crippen LogP contribution in [0.5, 0.6) is 0 Å². The van der Waals surface area contributed by atoms with E-state index in [1.807, 2.05) is 41.7 Å². The van der Waals surface area contributed by atoms with Crippen molar-refractivity contribution in [3.05, 3.63) is 17.0 Å². The molecule has 0 bridgehead atoms. The molecule has 7 nitrogen and oxygen atoms in total. The summed E-state index contributed by atoms with van der Waals surface area (Å²) < 4.78 is 7.17. The predicted molar refractivity (Wildman–Crippen MR) is 91.6 cm³/mol. The van der Waals surface area contributed by atoms with Crippen LogP contribution in [0, 0.1) is 13.8 Å².